The molecule has 210 valence electrons. The van der Waals surface area contributed by atoms with Crippen molar-refractivity contribution in [1.29, 1.82) is 0 Å². The number of nitrogens with one attached hydrogen (secondary N) is 2. The second-order valence-electron chi connectivity index (χ2n) is 8.23. The first kappa shape index (κ1) is 30.0. The lowest BCUT2D eigenvalue weighted by Gasteiger charge is -2.12. The van der Waals surface area contributed by atoms with Crippen LogP contribution in [0.1, 0.15) is 46.0 Å². The highest BCUT2D eigenvalue weighted by Gasteiger charge is 2.16. The van der Waals surface area contributed by atoms with Gasteiger partial charge >= 0.3 is 5.97 Å². The fourth-order valence-corrected chi connectivity index (χ4v) is 3.73. The number of hydrazone groups is 1. The maximum atomic E-state index is 12.7. The minimum absolute atomic E-state index is 0.162. The molecule has 0 spiro atoms. The Kier molecular flexibility index (Phi) is 11.3. The summed E-state index contributed by atoms with van der Waals surface area (Å²) >= 11 is 6.01. The molecule has 0 aliphatic heterocycles. The fourth-order valence-electron chi connectivity index (χ4n) is 3.51. The number of hydrogen-bond donors (Lipinski definition) is 2. The molecule has 0 bridgehead atoms. The van der Waals surface area contributed by atoms with Gasteiger partial charge in [-0.25, -0.2) is 10.2 Å². The van der Waals surface area contributed by atoms with Crippen LogP contribution in [0, 0.1) is 0 Å². The average Bonchev–Trinajstić information content (AvgIpc) is 2.96. The molecule has 0 fully saturated rings. The number of ether oxygens (including phenoxy) is 4. The van der Waals surface area contributed by atoms with E-state index in [0.717, 1.165) is 0 Å². The number of halogens is 1. The maximum Gasteiger partial charge on any atom is 0.343 e. The van der Waals surface area contributed by atoms with Crippen molar-refractivity contribution in [1.82, 2.24) is 10.7 Å². The first-order valence-corrected chi connectivity index (χ1v) is 12.8. The van der Waals surface area contributed by atoms with Gasteiger partial charge in [-0.3, -0.25) is 9.59 Å². The summed E-state index contributed by atoms with van der Waals surface area (Å²) in [6.07, 6.45) is 2.03. The lowest BCUT2D eigenvalue weighted by atomic mass is 10.2. The van der Waals surface area contributed by atoms with Crippen LogP contribution in [0.25, 0.3) is 0 Å². The van der Waals surface area contributed by atoms with Crippen LogP contribution in [0.3, 0.4) is 0 Å². The lowest BCUT2D eigenvalue weighted by molar-refractivity contribution is -0.121. The molecule has 0 saturated heterocycles. The molecule has 3 aromatic carbocycles. The predicted octanol–water partition coefficient (Wildman–Crippen LogP) is 4.64. The van der Waals surface area contributed by atoms with E-state index in [2.05, 4.69) is 15.8 Å². The van der Waals surface area contributed by atoms with E-state index in [-0.39, 0.29) is 29.5 Å². The van der Waals surface area contributed by atoms with Crippen molar-refractivity contribution in [2.75, 3.05) is 27.4 Å². The van der Waals surface area contributed by atoms with Gasteiger partial charge in [-0.15, -0.1) is 0 Å². The summed E-state index contributed by atoms with van der Waals surface area (Å²) in [5, 5.41) is 7.07. The Bertz CT molecular complexity index is 1380. The molecule has 0 aromatic heterocycles. The summed E-state index contributed by atoms with van der Waals surface area (Å²) in [6, 6.07) is 16.3. The summed E-state index contributed by atoms with van der Waals surface area (Å²) < 4.78 is 21.6. The van der Waals surface area contributed by atoms with E-state index in [4.69, 9.17) is 30.5 Å². The van der Waals surface area contributed by atoms with Gasteiger partial charge in [-0.2, -0.15) is 5.10 Å². The number of nitrogens with zero attached hydrogens (tertiary/aromatic N) is 1. The molecule has 0 atom stereocenters. The minimum atomic E-state index is -0.598. The van der Waals surface area contributed by atoms with Crippen molar-refractivity contribution in [3.8, 4) is 23.0 Å². The van der Waals surface area contributed by atoms with Crippen molar-refractivity contribution >= 4 is 35.6 Å². The summed E-state index contributed by atoms with van der Waals surface area (Å²) in [5.74, 6) is 0.240. The molecular weight excluding hydrogens is 538 g/mol. The molecule has 40 heavy (non-hydrogen) atoms. The minimum Gasteiger partial charge on any atom is -0.493 e. The van der Waals surface area contributed by atoms with Gasteiger partial charge in [0.2, 0.25) is 5.91 Å². The van der Waals surface area contributed by atoms with Gasteiger partial charge in [0.05, 0.1) is 43.2 Å². The van der Waals surface area contributed by atoms with Crippen LogP contribution < -0.4 is 29.7 Å². The third kappa shape index (κ3) is 8.47. The van der Waals surface area contributed by atoms with Crippen molar-refractivity contribution in [2.24, 2.45) is 5.10 Å². The van der Waals surface area contributed by atoms with E-state index in [9.17, 15) is 14.4 Å². The number of methoxy groups -OCH3 is 2. The summed E-state index contributed by atoms with van der Waals surface area (Å²) in [7, 11) is 2.98. The SMILES string of the molecule is CCOc1cc(/C=N/NC(=O)CCCNC(=O)c2ccccc2Cl)ccc1OC(=O)c1ccc(OC)c(OC)c1. The van der Waals surface area contributed by atoms with Crippen LogP contribution in [0.4, 0.5) is 0 Å². The Morgan fingerprint density at radius 1 is 0.925 bits per heavy atom. The normalized spacial score (nSPS) is 10.6. The third-order valence-corrected chi connectivity index (χ3v) is 5.81. The lowest BCUT2D eigenvalue weighted by Crippen LogP contribution is -2.26. The Hall–Kier alpha value is -4.57. The molecule has 10 nitrogen and oxygen atoms in total. The van der Waals surface area contributed by atoms with Crippen LogP contribution >= 0.6 is 11.6 Å². The zero-order chi connectivity index (χ0) is 28.9. The Labute approximate surface area is 237 Å². The van der Waals surface area contributed by atoms with E-state index >= 15 is 0 Å². The number of carbonyl (C=O) groups excluding carboxylic acids is 3. The summed E-state index contributed by atoms with van der Waals surface area (Å²) in [5.41, 5.74) is 3.72. The quantitative estimate of drug-likeness (QED) is 0.101. The van der Waals surface area contributed by atoms with Crippen molar-refractivity contribution in [3.63, 3.8) is 0 Å². The highest BCUT2D eigenvalue weighted by atomic mass is 35.5. The zero-order valence-corrected chi connectivity index (χ0v) is 23.1. The first-order valence-electron chi connectivity index (χ1n) is 12.4. The van der Waals surface area contributed by atoms with E-state index in [1.807, 2.05) is 0 Å². The molecule has 0 heterocycles. The van der Waals surface area contributed by atoms with Gasteiger partial charge < -0.3 is 24.3 Å². The van der Waals surface area contributed by atoms with Crippen LogP contribution in [0.5, 0.6) is 23.0 Å². The molecule has 0 aliphatic carbocycles. The van der Waals surface area contributed by atoms with Gasteiger partial charge in [0.25, 0.3) is 5.91 Å². The number of hydrogen-bond acceptors (Lipinski definition) is 8. The predicted molar refractivity (Wildman–Crippen MR) is 151 cm³/mol. The molecule has 0 unspecified atom stereocenters. The Balaban J connectivity index is 1.52. The van der Waals surface area contributed by atoms with Crippen molar-refractivity contribution in [3.05, 3.63) is 82.4 Å². The molecule has 0 aliphatic rings. The van der Waals surface area contributed by atoms with Gasteiger partial charge in [-0.05, 0) is 67.4 Å². The molecule has 3 rings (SSSR count). The van der Waals surface area contributed by atoms with Crippen molar-refractivity contribution in [2.45, 2.75) is 19.8 Å². The fraction of sp³-hybridized carbons (Fsp3) is 0.241. The zero-order valence-electron chi connectivity index (χ0n) is 22.4. The van der Waals surface area contributed by atoms with Crippen LogP contribution in [-0.2, 0) is 4.79 Å². The number of benzene rings is 3. The molecule has 2 amide bonds. The monoisotopic (exact) mass is 567 g/mol. The van der Waals surface area contributed by atoms with Crippen LogP contribution in [0.2, 0.25) is 5.02 Å². The Morgan fingerprint density at radius 2 is 1.68 bits per heavy atom. The first-order chi connectivity index (χ1) is 19.4. The molecular formula is C29H30ClN3O7. The topological polar surface area (TPSA) is 125 Å². The highest BCUT2D eigenvalue weighted by molar-refractivity contribution is 6.33. The number of esters is 1. The highest BCUT2D eigenvalue weighted by Crippen LogP contribution is 2.31. The largest absolute Gasteiger partial charge is 0.493 e. The number of amides is 2. The maximum absolute atomic E-state index is 12.7. The molecule has 2 N–H and O–H groups in total. The number of rotatable bonds is 13. The van der Waals surface area contributed by atoms with Crippen LogP contribution in [0.15, 0.2) is 65.8 Å². The van der Waals surface area contributed by atoms with E-state index in [1.54, 1.807) is 61.5 Å². The average molecular weight is 568 g/mol. The van der Waals surface area contributed by atoms with E-state index in [0.29, 0.717) is 53.0 Å². The molecule has 0 radical (unpaired) electrons. The summed E-state index contributed by atoms with van der Waals surface area (Å²) in [6.45, 7) is 2.45. The van der Waals surface area contributed by atoms with Gasteiger partial charge in [0.1, 0.15) is 0 Å². The summed E-state index contributed by atoms with van der Waals surface area (Å²) in [4.78, 5) is 37.0. The van der Waals surface area contributed by atoms with Crippen LogP contribution in [-0.4, -0.2) is 51.4 Å². The Morgan fingerprint density at radius 3 is 2.40 bits per heavy atom. The number of carbonyl (C=O) groups is 3. The van der Waals surface area contributed by atoms with Gasteiger partial charge in [0, 0.05) is 13.0 Å². The molecule has 0 saturated carbocycles. The van der Waals surface area contributed by atoms with Gasteiger partial charge in [0.15, 0.2) is 23.0 Å². The van der Waals surface area contributed by atoms with E-state index in [1.165, 1.54) is 26.5 Å². The van der Waals surface area contributed by atoms with Gasteiger partial charge in [-0.1, -0.05) is 23.7 Å². The van der Waals surface area contributed by atoms with E-state index < -0.39 is 5.97 Å². The smallest absolute Gasteiger partial charge is 0.343 e. The third-order valence-electron chi connectivity index (χ3n) is 5.48. The second-order valence-corrected chi connectivity index (χ2v) is 8.64. The molecule has 11 heteroatoms. The van der Waals surface area contributed by atoms with Crippen molar-refractivity contribution < 1.29 is 33.3 Å². The standard InChI is InChI=1S/C29H30ClN3O7/c1-4-39-26-16-19(11-13-24(26)40-29(36)20-12-14-23(37-2)25(17-20)38-3)18-32-33-27(34)10-7-15-31-28(35)21-8-5-6-9-22(21)30/h5-6,8-9,11-14,16-18H,4,7,10,15H2,1-3H3,(H,31,35)(H,33,34)/b32-18+. The second kappa shape index (κ2) is 15.1. The molecule has 3 aromatic rings.